The maximum absolute atomic E-state index is 11.4. The van der Waals surface area contributed by atoms with Crippen LogP contribution in [0.25, 0.3) is 5.69 Å². The molecule has 3 nitrogen and oxygen atoms in total. The number of hydrogen-bond acceptors (Lipinski definition) is 2. The Hall–Kier alpha value is -2.03. The summed E-state index contributed by atoms with van der Waals surface area (Å²) in [5.41, 5.74) is 0.586. The number of nitrogens with zero attached hydrogens (tertiary/aromatic N) is 1. The summed E-state index contributed by atoms with van der Waals surface area (Å²) in [6.45, 7) is 0. The number of rotatable bonds is 1. The van der Waals surface area contributed by atoms with E-state index in [1.165, 1.54) is 22.9 Å². The van der Waals surface area contributed by atoms with Gasteiger partial charge in [-0.15, -0.1) is 0 Å². The lowest BCUT2D eigenvalue weighted by atomic mass is 10.3. The second-order valence-corrected chi connectivity index (χ2v) is 2.93. The summed E-state index contributed by atoms with van der Waals surface area (Å²) in [7, 11) is 0. The van der Waals surface area contributed by atoms with Gasteiger partial charge >= 0.3 is 0 Å². The van der Waals surface area contributed by atoms with Crippen LogP contribution in [0.2, 0.25) is 0 Å². The fourth-order valence-corrected chi connectivity index (χ4v) is 1.27. The molecule has 0 aliphatic carbocycles. The van der Waals surface area contributed by atoms with Gasteiger partial charge in [0, 0.05) is 11.8 Å². The third kappa shape index (κ3) is 1.52. The monoisotopic (exact) mass is 187 g/mol. The summed E-state index contributed by atoms with van der Waals surface area (Å²) in [6.07, 6.45) is 1.40. The Labute approximate surface area is 80.9 Å². The van der Waals surface area contributed by atoms with Gasteiger partial charge in [0.15, 0.2) is 0 Å². The zero-order valence-electron chi connectivity index (χ0n) is 7.42. The van der Waals surface area contributed by atoms with E-state index in [2.05, 4.69) is 0 Å². The molecule has 0 aliphatic heterocycles. The van der Waals surface area contributed by atoms with E-state index in [-0.39, 0.29) is 11.3 Å². The topological polar surface area (TPSA) is 42.2 Å². The summed E-state index contributed by atoms with van der Waals surface area (Å²) >= 11 is 0. The molecule has 0 spiro atoms. The predicted octanol–water partition coefficient (Wildman–Crippen LogP) is 1.54. The van der Waals surface area contributed by atoms with Gasteiger partial charge in [-0.25, -0.2) is 0 Å². The molecule has 1 heterocycles. The maximum atomic E-state index is 11.4. The number of para-hydroxylation sites is 1. The van der Waals surface area contributed by atoms with Gasteiger partial charge in [-0.1, -0.05) is 18.2 Å². The largest absolute Gasteiger partial charge is 0.506 e. The Morgan fingerprint density at radius 2 is 1.71 bits per heavy atom. The Kier molecular flexibility index (Phi) is 2.07. The van der Waals surface area contributed by atoms with Crippen LogP contribution in [0, 0.1) is 0 Å². The quantitative estimate of drug-likeness (QED) is 0.735. The molecule has 1 N–H and O–H groups in total. The first-order chi connectivity index (χ1) is 6.77. The van der Waals surface area contributed by atoms with E-state index in [4.69, 9.17) is 0 Å². The first-order valence-corrected chi connectivity index (χ1v) is 4.24. The summed E-state index contributed by atoms with van der Waals surface area (Å²) in [6, 6.07) is 11.9. The molecule has 0 radical (unpaired) electrons. The zero-order valence-corrected chi connectivity index (χ0v) is 7.42. The molecule has 2 aromatic rings. The minimum atomic E-state index is -0.158. The van der Waals surface area contributed by atoms with Gasteiger partial charge < -0.3 is 5.11 Å². The first-order valence-electron chi connectivity index (χ1n) is 4.24. The van der Waals surface area contributed by atoms with E-state index in [0.29, 0.717) is 0 Å². The van der Waals surface area contributed by atoms with Crippen LogP contribution in [-0.2, 0) is 0 Å². The van der Waals surface area contributed by atoms with Gasteiger partial charge in [0.05, 0.1) is 6.20 Å². The third-order valence-corrected chi connectivity index (χ3v) is 1.93. The highest BCUT2D eigenvalue weighted by atomic mass is 16.3. The van der Waals surface area contributed by atoms with Crippen LogP contribution in [0.3, 0.4) is 0 Å². The molecule has 1 aromatic carbocycles. The Morgan fingerprint density at radius 3 is 2.43 bits per heavy atom. The molecule has 0 atom stereocenters. The van der Waals surface area contributed by atoms with E-state index in [9.17, 15) is 9.90 Å². The van der Waals surface area contributed by atoms with Crippen molar-refractivity contribution >= 4 is 0 Å². The smallest absolute Gasteiger partial charge is 0.255 e. The number of aromatic nitrogens is 1. The van der Waals surface area contributed by atoms with E-state index in [1.54, 1.807) is 12.1 Å². The molecule has 0 amide bonds. The second kappa shape index (κ2) is 3.38. The van der Waals surface area contributed by atoms with Gasteiger partial charge in [0.1, 0.15) is 5.75 Å². The van der Waals surface area contributed by atoms with E-state index in [0.717, 1.165) is 5.69 Å². The first kappa shape index (κ1) is 8.56. The van der Waals surface area contributed by atoms with Crippen LogP contribution < -0.4 is 5.56 Å². The van der Waals surface area contributed by atoms with Crippen molar-refractivity contribution in [3.63, 3.8) is 0 Å². The van der Waals surface area contributed by atoms with Gasteiger partial charge in [-0.2, -0.15) is 0 Å². The van der Waals surface area contributed by atoms with Crippen LogP contribution in [0.1, 0.15) is 0 Å². The van der Waals surface area contributed by atoms with Crippen LogP contribution >= 0.6 is 0 Å². The van der Waals surface area contributed by atoms with Crippen molar-refractivity contribution in [3.05, 3.63) is 59.0 Å². The average Bonchev–Trinajstić information content (AvgIpc) is 2.23. The fourth-order valence-electron chi connectivity index (χ4n) is 1.27. The van der Waals surface area contributed by atoms with Gasteiger partial charge in [0.25, 0.3) is 5.56 Å². The number of pyridine rings is 1. The van der Waals surface area contributed by atoms with Crippen molar-refractivity contribution in [1.82, 2.24) is 4.57 Å². The van der Waals surface area contributed by atoms with Crippen LogP contribution in [0.15, 0.2) is 53.5 Å². The van der Waals surface area contributed by atoms with Crippen molar-refractivity contribution < 1.29 is 5.11 Å². The van der Waals surface area contributed by atoms with E-state index >= 15 is 0 Å². The molecular formula is C11H9NO2. The Bertz CT molecular complexity index is 488. The van der Waals surface area contributed by atoms with E-state index in [1.807, 2.05) is 18.2 Å². The lowest BCUT2D eigenvalue weighted by Crippen LogP contribution is -2.15. The molecule has 3 heteroatoms. The molecule has 70 valence electrons. The highest BCUT2D eigenvalue weighted by Gasteiger charge is 1.98. The minimum Gasteiger partial charge on any atom is -0.506 e. The lowest BCUT2D eigenvalue weighted by Gasteiger charge is -2.04. The number of hydrogen-bond donors (Lipinski definition) is 1. The molecule has 0 fully saturated rings. The second-order valence-electron chi connectivity index (χ2n) is 2.93. The zero-order chi connectivity index (χ0) is 9.97. The molecular weight excluding hydrogens is 178 g/mol. The van der Waals surface area contributed by atoms with Crippen molar-refractivity contribution in [2.24, 2.45) is 0 Å². The summed E-state index contributed by atoms with van der Waals surface area (Å²) < 4.78 is 1.40. The number of aromatic hydroxyl groups is 1. The molecule has 1 aromatic heterocycles. The predicted molar refractivity (Wildman–Crippen MR) is 53.7 cm³/mol. The average molecular weight is 187 g/mol. The SMILES string of the molecule is O=c1ccc(O)cn1-c1ccccc1. The molecule has 0 bridgehead atoms. The molecule has 2 rings (SSSR count). The van der Waals surface area contributed by atoms with E-state index < -0.39 is 0 Å². The summed E-state index contributed by atoms with van der Waals surface area (Å²) in [5.74, 6) is 0.0773. The molecule has 0 saturated carbocycles. The minimum absolute atomic E-state index is 0.0773. The number of benzene rings is 1. The van der Waals surface area contributed by atoms with Crippen LogP contribution in [0.5, 0.6) is 5.75 Å². The molecule has 0 aliphatic rings. The van der Waals surface area contributed by atoms with Crippen LogP contribution in [0.4, 0.5) is 0 Å². The summed E-state index contributed by atoms with van der Waals surface area (Å²) in [5, 5.41) is 9.24. The fraction of sp³-hybridized carbons (Fsp3) is 0. The Morgan fingerprint density at radius 1 is 1.00 bits per heavy atom. The lowest BCUT2D eigenvalue weighted by molar-refractivity contribution is 0.470. The highest BCUT2D eigenvalue weighted by molar-refractivity contribution is 5.33. The molecule has 0 unspecified atom stereocenters. The normalized spacial score (nSPS) is 10.0. The van der Waals surface area contributed by atoms with Crippen molar-refractivity contribution in [2.75, 3.05) is 0 Å². The van der Waals surface area contributed by atoms with Crippen molar-refractivity contribution in [2.45, 2.75) is 0 Å². The third-order valence-electron chi connectivity index (χ3n) is 1.93. The van der Waals surface area contributed by atoms with Gasteiger partial charge in [-0.3, -0.25) is 9.36 Å². The maximum Gasteiger partial charge on any atom is 0.255 e. The molecule has 0 saturated heterocycles. The van der Waals surface area contributed by atoms with Crippen molar-refractivity contribution in [1.29, 1.82) is 0 Å². The van der Waals surface area contributed by atoms with Gasteiger partial charge in [-0.05, 0) is 18.2 Å². The Balaban J connectivity index is 2.63. The van der Waals surface area contributed by atoms with Gasteiger partial charge in [0.2, 0.25) is 0 Å². The standard InChI is InChI=1S/C11H9NO2/c13-10-6-7-11(14)12(8-10)9-4-2-1-3-5-9/h1-8,13H. The van der Waals surface area contributed by atoms with Crippen molar-refractivity contribution in [3.8, 4) is 11.4 Å². The molecule has 14 heavy (non-hydrogen) atoms. The van der Waals surface area contributed by atoms with Crippen LogP contribution in [-0.4, -0.2) is 9.67 Å². The summed E-state index contributed by atoms with van der Waals surface area (Å²) in [4.78, 5) is 11.4. The highest BCUT2D eigenvalue weighted by Crippen LogP contribution is 2.08.